The lowest BCUT2D eigenvalue weighted by Crippen LogP contribution is -2.40. The van der Waals surface area contributed by atoms with Crippen LogP contribution in [0, 0.1) is 5.92 Å². The molecule has 0 saturated carbocycles. The van der Waals surface area contributed by atoms with E-state index in [4.69, 9.17) is 23.2 Å². The first-order valence-corrected chi connectivity index (χ1v) is 7.86. The van der Waals surface area contributed by atoms with E-state index in [1.807, 2.05) is 12.1 Å². The molecule has 0 radical (unpaired) electrons. The molecule has 5 heteroatoms. The minimum atomic E-state index is 0.330. The smallest absolute Gasteiger partial charge is 0.0763 e. The Hall–Kier alpha value is -0.770. The molecule has 1 aromatic rings. The van der Waals surface area contributed by atoms with Crippen LogP contribution in [0.25, 0.3) is 0 Å². The predicted molar refractivity (Wildman–Crippen MR) is 80.0 cm³/mol. The van der Waals surface area contributed by atoms with Crippen molar-refractivity contribution in [1.29, 1.82) is 0 Å². The van der Waals surface area contributed by atoms with Gasteiger partial charge in [0.1, 0.15) is 0 Å². The second-order valence-corrected chi connectivity index (χ2v) is 6.92. The van der Waals surface area contributed by atoms with Crippen LogP contribution in [0.1, 0.15) is 30.7 Å². The monoisotopic (exact) mass is 310 g/mol. The first-order valence-electron chi connectivity index (χ1n) is 7.10. The molecule has 1 N–H and O–H groups in total. The number of oxime groups is 1. The van der Waals surface area contributed by atoms with Crippen LogP contribution in [0.2, 0.25) is 10.0 Å². The second kappa shape index (κ2) is 4.62. The summed E-state index contributed by atoms with van der Waals surface area (Å²) in [6, 6.07) is 7.09. The molecule has 4 rings (SSSR count). The molecule has 1 unspecified atom stereocenters. The zero-order chi connectivity index (χ0) is 13.9. The van der Waals surface area contributed by atoms with Gasteiger partial charge < -0.3 is 5.21 Å². The minimum Gasteiger partial charge on any atom is -0.411 e. The van der Waals surface area contributed by atoms with E-state index in [0.29, 0.717) is 34.0 Å². The minimum absolute atomic E-state index is 0.330. The Labute approximate surface area is 128 Å². The van der Waals surface area contributed by atoms with Crippen LogP contribution in [0.4, 0.5) is 0 Å². The highest BCUT2D eigenvalue weighted by molar-refractivity contribution is 6.42. The number of rotatable bonds is 1. The maximum absolute atomic E-state index is 9.32. The van der Waals surface area contributed by atoms with Gasteiger partial charge >= 0.3 is 0 Å². The number of benzene rings is 1. The molecule has 5 atom stereocenters. The van der Waals surface area contributed by atoms with E-state index in [9.17, 15) is 5.21 Å². The summed E-state index contributed by atoms with van der Waals surface area (Å²) >= 11 is 12.2. The lowest BCUT2D eigenvalue weighted by atomic mass is 9.77. The maximum Gasteiger partial charge on any atom is 0.0763 e. The van der Waals surface area contributed by atoms with Crippen LogP contribution < -0.4 is 0 Å². The summed E-state index contributed by atoms with van der Waals surface area (Å²) in [5, 5.41) is 14.1. The summed E-state index contributed by atoms with van der Waals surface area (Å²) in [6.07, 6.45) is 3.60. The number of hydrogen-bond acceptors (Lipinski definition) is 3. The summed E-state index contributed by atoms with van der Waals surface area (Å²) in [7, 11) is 0. The topological polar surface area (TPSA) is 35.8 Å². The predicted octanol–water partition coefficient (Wildman–Crippen LogP) is 3.77. The third-order valence-electron chi connectivity index (χ3n) is 5.29. The number of nitrogens with zero attached hydrogens (tertiary/aromatic N) is 2. The van der Waals surface area contributed by atoms with Gasteiger partial charge in [0.25, 0.3) is 0 Å². The van der Waals surface area contributed by atoms with E-state index in [-0.39, 0.29) is 0 Å². The molecule has 3 heterocycles. The van der Waals surface area contributed by atoms with Crippen molar-refractivity contribution in [2.75, 3.05) is 6.54 Å². The average Bonchev–Trinajstić information content (AvgIpc) is 2.87. The van der Waals surface area contributed by atoms with Crippen molar-refractivity contribution in [2.24, 2.45) is 11.1 Å². The van der Waals surface area contributed by atoms with Crippen molar-refractivity contribution < 1.29 is 5.21 Å². The highest BCUT2D eigenvalue weighted by Gasteiger charge is 2.54. The van der Waals surface area contributed by atoms with Gasteiger partial charge in [0.05, 0.1) is 15.8 Å². The van der Waals surface area contributed by atoms with Gasteiger partial charge in [-0.25, -0.2) is 0 Å². The average molecular weight is 311 g/mol. The highest BCUT2D eigenvalue weighted by Crippen LogP contribution is 2.51. The fraction of sp³-hybridized carbons (Fsp3) is 0.533. The van der Waals surface area contributed by atoms with Gasteiger partial charge in [-0.15, -0.1) is 0 Å². The number of halogens is 2. The van der Waals surface area contributed by atoms with Gasteiger partial charge in [-0.05, 0) is 42.9 Å². The molecule has 0 spiro atoms. The molecule has 106 valence electrons. The summed E-state index contributed by atoms with van der Waals surface area (Å²) in [5.41, 5.74) is 2.16. The van der Waals surface area contributed by atoms with E-state index in [2.05, 4.69) is 16.1 Å². The van der Waals surface area contributed by atoms with E-state index in [0.717, 1.165) is 18.7 Å². The van der Waals surface area contributed by atoms with E-state index >= 15 is 0 Å². The standard InChI is InChI=1S/C15H16Cl2N2O/c16-11-3-1-8(5-12(11)17)10-6-9-2-4-14-15(10)13(18-20)7-19(9)14/h1,3,5,9-10,14-15,20H,2,4,6-7H2/t9-,10-,14+,15+/m0/s1. The zero-order valence-electron chi connectivity index (χ0n) is 11.0. The molecule has 3 aliphatic heterocycles. The normalized spacial score (nSPS) is 40.5. The van der Waals surface area contributed by atoms with Crippen LogP contribution in [0.3, 0.4) is 0 Å². The van der Waals surface area contributed by atoms with Crippen LogP contribution in [0.5, 0.6) is 0 Å². The molecule has 3 saturated heterocycles. The fourth-order valence-electron chi connectivity index (χ4n) is 4.49. The fourth-order valence-corrected chi connectivity index (χ4v) is 4.80. The lowest BCUT2D eigenvalue weighted by Gasteiger charge is -2.36. The number of piperidine rings is 1. The van der Waals surface area contributed by atoms with Crippen molar-refractivity contribution in [3.05, 3.63) is 33.8 Å². The number of hydrogen-bond donors (Lipinski definition) is 1. The van der Waals surface area contributed by atoms with Crippen molar-refractivity contribution in [1.82, 2.24) is 4.90 Å². The Morgan fingerprint density at radius 3 is 2.80 bits per heavy atom. The molecule has 4 bridgehead atoms. The van der Waals surface area contributed by atoms with Crippen molar-refractivity contribution in [3.63, 3.8) is 0 Å². The van der Waals surface area contributed by atoms with Gasteiger partial charge in [-0.2, -0.15) is 0 Å². The molecule has 3 nitrogen and oxygen atoms in total. The van der Waals surface area contributed by atoms with Crippen molar-refractivity contribution in [3.8, 4) is 0 Å². The van der Waals surface area contributed by atoms with Gasteiger partial charge in [0.2, 0.25) is 0 Å². The van der Waals surface area contributed by atoms with Gasteiger partial charge in [0.15, 0.2) is 0 Å². The first-order chi connectivity index (χ1) is 9.69. The second-order valence-electron chi connectivity index (χ2n) is 6.10. The van der Waals surface area contributed by atoms with Gasteiger partial charge in [0, 0.05) is 24.5 Å². The van der Waals surface area contributed by atoms with Crippen LogP contribution in [-0.2, 0) is 0 Å². The summed E-state index contributed by atoms with van der Waals surface area (Å²) < 4.78 is 0. The van der Waals surface area contributed by atoms with E-state index in [1.165, 1.54) is 18.4 Å². The molecule has 0 aliphatic carbocycles. The summed E-state index contributed by atoms with van der Waals surface area (Å²) in [4.78, 5) is 2.52. The largest absolute Gasteiger partial charge is 0.411 e. The Morgan fingerprint density at radius 2 is 2.05 bits per heavy atom. The Bertz CT molecular complexity index is 589. The SMILES string of the molecule is ON=C1CN2[C@H]3CC[C@@H]2[C@@H]1[C@H](c1ccc(Cl)c(Cl)c1)C3. The molecule has 0 amide bonds. The third kappa shape index (κ3) is 1.73. The van der Waals surface area contributed by atoms with E-state index < -0.39 is 0 Å². The van der Waals surface area contributed by atoms with Crippen LogP contribution in [0.15, 0.2) is 23.4 Å². The molecular formula is C15H16Cl2N2O. The first kappa shape index (κ1) is 12.9. The Kier molecular flexibility index (Phi) is 2.99. The van der Waals surface area contributed by atoms with Crippen LogP contribution >= 0.6 is 23.2 Å². The molecule has 3 fully saturated rings. The Morgan fingerprint density at radius 1 is 1.20 bits per heavy atom. The van der Waals surface area contributed by atoms with Gasteiger partial charge in [-0.1, -0.05) is 34.4 Å². The molecule has 1 aromatic carbocycles. The zero-order valence-corrected chi connectivity index (χ0v) is 12.5. The van der Waals surface area contributed by atoms with Crippen molar-refractivity contribution in [2.45, 2.75) is 37.3 Å². The lowest BCUT2D eigenvalue weighted by molar-refractivity contribution is 0.154. The quantitative estimate of drug-likeness (QED) is 0.633. The summed E-state index contributed by atoms with van der Waals surface area (Å²) in [6.45, 7) is 0.828. The Balaban J connectivity index is 1.76. The van der Waals surface area contributed by atoms with Crippen LogP contribution in [-0.4, -0.2) is 34.4 Å². The third-order valence-corrected chi connectivity index (χ3v) is 6.03. The molecule has 20 heavy (non-hydrogen) atoms. The molecule has 3 aliphatic rings. The summed E-state index contributed by atoms with van der Waals surface area (Å²) in [5.74, 6) is 0.725. The van der Waals surface area contributed by atoms with Gasteiger partial charge in [-0.3, -0.25) is 4.90 Å². The van der Waals surface area contributed by atoms with E-state index in [1.54, 1.807) is 0 Å². The maximum atomic E-state index is 9.32. The molecule has 0 aromatic heterocycles. The van der Waals surface area contributed by atoms with Crippen molar-refractivity contribution >= 4 is 28.9 Å². The highest BCUT2D eigenvalue weighted by atomic mass is 35.5. The molecular weight excluding hydrogens is 295 g/mol.